The second-order valence-corrected chi connectivity index (χ2v) is 5.44. The van der Waals surface area contributed by atoms with Crippen LogP contribution in [-0.2, 0) is 10.2 Å². The summed E-state index contributed by atoms with van der Waals surface area (Å²) >= 11 is 0. The molecule has 0 unspecified atom stereocenters. The van der Waals surface area contributed by atoms with Crippen molar-refractivity contribution in [3.63, 3.8) is 0 Å². The Labute approximate surface area is 116 Å². The molecular formula is C16H14O4. The van der Waals surface area contributed by atoms with Gasteiger partial charge >= 0.3 is 0 Å². The molecule has 0 bridgehead atoms. The summed E-state index contributed by atoms with van der Waals surface area (Å²) in [6, 6.07) is 3.73. The Balaban J connectivity index is 2.00. The lowest BCUT2D eigenvalue weighted by Crippen LogP contribution is -2.28. The molecule has 1 N–H and O–H groups in total. The third kappa shape index (κ3) is 1.27. The predicted molar refractivity (Wildman–Crippen MR) is 71.7 cm³/mol. The van der Waals surface area contributed by atoms with E-state index in [1.165, 1.54) is 0 Å². The second-order valence-electron chi connectivity index (χ2n) is 5.44. The third-order valence-corrected chi connectivity index (χ3v) is 4.56. The molecule has 0 spiro atoms. The summed E-state index contributed by atoms with van der Waals surface area (Å²) in [5, 5.41) is 10.6. The normalized spacial score (nSPS) is 29.8. The van der Waals surface area contributed by atoms with E-state index in [-0.39, 0.29) is 12.6 Å². The molecule has 2 atom stereocenters. The lowest BCUT2D eigenvalue weighted by molar-refractivity contribution is -0.115. The molecule has 4 nitrogen and oxygen atoms in total. The van der Waals surface area contributed by atoms with Crippen molar-refractivity contribution in [3.8, 4) is 11.5 Å². The number of allylic oxidation sites excluding steroid dienone is 2. The number of aliphatic hydroxyl groups excluding tert-OH is 1. The lowest BCUT2D eigenvalue weighted by Gasteiger charge is -2.31. The molecule has 102 valence electrons. The molecule has 4 rings (SSSR count). The first-order valence-corrected chi connectivity index (χ1v) is 6.66. The van der Waals surface area contributed by atoms with Gasteiger partial charge in [-0.15, -0.1) is 6.58 Å². The van der Waals surface area contributed by atoms with Crippen LogP contribution in [0.3, 0.4) is 0 Å². The predicted octanol–water partition coefficient (Wildman–Crippen LogP) is 2.18. The van der Waals surface area contributed by atoms with Crippen LogP contribution in [0.1, 0.15) is 30.1 Å². The number of hydrogen-bond donors (Lipinski definition) is 1. The Bertz CT molecular complexity index is 673. The molecule has 20 heavy (non-hydrogen) atoms. The number of fused-ring (bicyclic) bond motifs is 4. The minimum atomic E-state index is -0.776. The summed E-state index contributed by atoms with van der Waals surface area (Å²) < 4.78 is 10.8. The van der Waals surface area contributed by atoms with Crippen molar-refractivity contribution >= 4 is 5.78 Å². The van der Waals surface area contributed by atoms with Crippen LogP contribution in [0.2, 0.25) is 0 Å². The van der Waals surface area contributed by atoms with Gasteiger partial charge in [0.25, 0.3) is 0 Å². The van der Waals surface area contributed by atoms with Crippen molar-refractivity contribution in [2.24, 2.45) is 0 Å². The van der Waals surface area contributed by atoms with E-state index in [1.807, 2.05) is 18.2 Å². The standard InChI is InChI=1S/C16H14O4/c1-2-16-4-3-9(17)5-12(16)15(18)10-6-13-14(7-11(10)16)20-8-19-13/h2,5-7,15,18H,1,3-4,8H2/t15-,16-/m0/s1. The van der Waals surface area contributed by atoms with Crippen LogP contribution in [-0.4, -0.2) is 17.7 Å². The zero-order valence-electron chi connectivity index (χ0n) is 10.9. The first-order chi connectivity index (χ1) is 9.65. The van der Waals surface area contributed by atoms with Gasteiger partial charge in [-0.3, -0.25) is 4.79 Å². The van der Waals surface area contributed by atoms with Crippen molar-refractivity contribution in [3.05, 3.63) is 47.6 Å². The van der Waals surface area contributed by atoms with E-state index in [9.17, 15) is 9.90 Å². The Morgan fingerprint density at radius 1 is 1.35 bits per heavy atom. The Morgan fingerprint density at radius 3 is 2.85 bits per heavy atom. The molecule has 1 aromatic carbocycles. The zero-order valence-corrected chi connectivity index (χ0v) is 10.9. The molecule has 1 aromatic rings. The van der Waals surface area contributed by atoms with E-state index >= 15 is 0 Å². The van der Waals surface area contributed by atoms with Gasteiger partial charge in [-0.05, 0) is 41.3 Å². The monoisotopic (exact) mass is 270 g/mol. The summed E-state index contributed by atoms with van der Waals surface area (Å²) in [5.41, 5.74) is 2.03. The largest absolute Gasteiger partial charge is 0.454 e. The number of aliphatic hydroxyl groups is 1. The van der Waals surface area contributed by atoms with Crippen LogP contribution in [0, 0.1) is 0 Å². The van der Waals surface area contributed by atoms with Gasteiger partial charge in [-0.25, -0.2) is 0 Å². The summed E-state index contributed by atoms with van der Waals surface area (Å²) in [6.07, 6.45) is 3.74. The van der Waals surface area contributed by atoms with Crippen molar-refractivity contribution < 1.29 is 19.4 Å². The SMILES string of the molecule is C=C[C@@]12CCC(=O)C=C1[C@@H](O)c1cc3c(cc12)OCO3. The topological polar surface area (TPSA) is 55.8 Å². The van der Waals surface area contributed by atoms with Crippen molar-refractivity contribution in [2.45, 2.75) is 24.4 Å². The van der Waals surface area contributed by atoms with Crippen LogP contribution < -0.4 is 9.47 Å². The fraction of sp³-hybridized carbons (Fsp3) is 0.312. The highest BCUT2D eigenvalue weighted by atomic mass is 16.7. The maximum Gasteiger partial charge on any atom is 0.231 e. The van der Waals surface area contributed by atoms with Gasteiger partial charge in [0, 0.05) is 11.8 Å². The van der Waals surface area contributed by atoms with Gasteiger partial charge in [0.15, 0.2) is 17.3 Å². The van der Waals surface area contributed by atoms with Gasteiger partial charge in [0.05, 0.1) is 0 Å². The number of carbonyl (C=O) groups is 1. The fourth-order valence-electron chi connectivity index (χ4n) is 3.52. The van der Waals surface area contributed by atoms with Crippen molar-refractivity contribution in [2.75, 3.05) is 6.79 Å². The van der Waals surface area contributed by atoms with Crippen LogP contribution in [0.15, 0.2) is 36.4 Å². The maximum atomic E-state index is 11.7. The summed E-state index contributed by atoms with van der Waals surface area (Å²) in [6.45, 7) is 4.14. The van der Waals surface area contributed by atoms with E-state index in [1.54, 1.807) is 6.08 Å². The van der Waals surface area contributed by atoms with Gasteiger partial charge in [0.1, 0.15) is 6.10 Å². The smallest absolute Gasteiger partial charge is 0.231 e. The summed E-state index contributed by atoms with van der Waals surface area (Å²) in [7, 11) is 0. The zero-order chi connectivity index (χ0) is 13.9. The Hall–Kier alpha value is -2.07. The molecular weight excluding hydrogens is 256 g/mol. The molecule has 0 saturated heterocycles. The molecule has 4 heteroatoms. The van der Waals surface area contributed by atoms with E-state index in [0.29, 0.717) is 24.3 Å². The number of hydrogen-bond acceptors (Lipinski definition) is 4. The van der Waals surface area contributed by atoms with Gasteiger partial charge < -0.3 is 14.6 Å². The quantitative estimate of drug-likeness (QED) is 0.795. The first-order valence-electron chi connectivity index (χ1n) is 6.66. The van der Waals surface area contributed by atoms with Gasteiger partial charge in [-0.2, -0.15) is 0 Å². The lowest BCUT2D eigenvalue weighted by atomic mass is 9.71. The molecule has 1 heterocycles. The second kappa shape index (κ2) is 3.73. The molecule has 0 saturated carbocycles. The number of benzene rings is 1. The number of rotatable bonds is 1. The maximum absolute atomic E-state index is 11.7. The Morgan fingerprint density at radius 2 is 2.10 bits per heavy atom. The molecule has 2 aliphatic carbocycles. The van der Waals surface area contributed by atoms with Crippen LogP contribution >= 0.6 is 0 Å². The summed E-state index contributed by atoms with van der Waals surface area (Å²) in [4.78, 5) is 11.7. The van der Waals surface area contributed by atoms with Gasteiger partial charge in [0.2, 0.25) is 6.79 Å². The highest BCUT2D eigenvalue weighted by molar-refractivity contribution is 5.93. The van der Waals surface area contributed by atoms with Crippen LogP contribution in [0.25, 0.3) is 0 Å². The van der Waals surface area contributed by atoms with E-state index < -0.39 is 11.5 Å². The van der Waals surface area contributed by atoms with E-state index in [4.69, 9.17) is 9.47 Å². The van der Waals surface area contributed by atoms with Gasteiger partial charge in [-0.1, -0.05) is 6.08 Å². The average molecular weight is 270 g/mol. The van der Waals surface area contributed by atoms with Crippen LogP contribution in [0.4, 0.5) is 0 Å². The van der Waals surface area contributed by atoms with Crippen LogP contribution in [0.5, 0.6) is 11.5 Å². The minimum absolute atomic E-state index is 0.0596. The molecule has 0 radical (unpaired) electrons. The molecule has 1 aliphatic heterocycles. The van der Waals surface area contributed by atoms with Crippen molar-refractivity contribution in [1.29, 1.82) is 0 Å². The number of ketones is 1. The number of carbonyl (C=O) groups excluding carboxylic acids is 1. The first kappa shape index (κ1) is 11.7. The highest BCUT2D eigenvalue weighted by Gasteiger charge is 2.48. The Kier molecular flexibility index (Phi) is 2.19. The average Bonchev–Trinajstić information content (AvgIpc) is 3.00. The molecule has 0 aromatic heterocycles. The number of ether oxygens (including phenoxy) is 2. The van der Waals surface area contributed by atoms with Crippen molar-refractivity contribution in [1.82, 2.24) is 0 Å². The molecule has 0 amide bonds. The minimum Gasteiger partial charge on any atom is -0.454 e. The fourth-order valence-corrected chi connectivity index (χ4v) is 3.52. The van der Waals surface area contributed by atoms with E-state index in [0.717, 1.165) is 16.7 Å². The molecule has 3 aliphatic rings. The molecule has 0 fully saturated rings. The highest BCUT2D eigenvalue weighted by Crippen LogP contribution is 2.56. The third-order valence-electron chi connectivity index (χ3n) is 4.56. The van der Waals surface area contributed by atoms with E-state index in [2.05, 4.69) is 6.58 Å². The summed E-state index contributed by atoms with van der Waals surface area (Å²) in [5.74, 6) is 1.40.